The minimum absolute atomic E-state index is 0.00471. The molecule has 0 spiro atoms. The Labute approximate surface area is 126 Å². The molecule has 1 saturated heterocycles. The second kappa shape index (κ2) is 6.45. The summed E-state index contributed by atoms with van der Waals surface area (Å²) in [7, 11) is 1.62. The molecule has 0 unspecified atom stereocenters. The van der Waals surface area contributed by atoms with Crippen LogP contribution in [-0.2, 0) is 0 Å². The molecule has 0 bridgehead atoms. The summed E-state index contributed by atoms with van der Waals surface area (Å²) in [5, 5.41) is 0. The van der Waals surface area contributed by atoms with Crippen LogP contribution < -0.4 is 10.5 Å². The number of carbonyl (C=O) groups excluding carboxylic acids is 1. The maximum atomic E-state index is 12.5. The highest BCUT2D eigenvalue weighted by Gasteiger charge is 2.30. The summed E-state index contributed by atoms with van der Waals surface area (Å²) in [4.78, 5) is 16.7. The summed E-state index contributed by atoms with van der Waals surface area (Å²) in [6.45, 7) is 8.14. The molecule has 0 saturated carbocycles. The van der Waals surface area contributed by atoms with Gasteiger partial charge in [-0.05, 0) is 38.1 Å². The van der Waals surface area contributed by atoms with Crippen LogP contribution in [0.25, 0.3) is 0 Å². The molecule has 1 aliphatic rings. The zero-order chi connectivity index (χ0) is 15.5. The maximum Gasteiger partial charge on any atom is 0.253 e. The Bertz CT molecular complexity index is 477. The van der Waals surface area contributed by atoms with Gasteiger partial charge in [0.15, 0.2) is 0 Å². The van der Waals surface area contributed by atoms with E-state index in [1.54, 1.807) is 7.11 Å². The molecular weight excluding hydrogens is 266 g/mol. The van der Waals surface area contributed by atoms with Gasteiger partial charge in [-0.3, -0.25) is 9.69 Å². The van der Waals surface area contributed by atoms with Crippen molar-refractivity contribution in [3.8, 4) is 5.75 Å². The van der Waals surface area contributed by atoms with Gasteiger partial charge in [0.05, 0.1) is 7.11 Å². The molecule has 0 atom stereocenters. The van der Waals surface area contributed by atoms with Crippen molar-refractivity contribution in [2.45, 2.75) is 19.4 Å². The van der Waals surface area contributed by atoms with Gasteiger partial charge < -0.3 is 15.4 Å². The molecule has 5 heteroatoms. The first kappa shape index (κ1) is 15.8. The Kier molecular flexibility index (Phi) is 4.85. The molecule has 1 fully saturated rings. The average Bonchev–Trinajstić information content (AvgIpc) is 2.54. The third-order valence-electron chi connectivity index (χ3n) is 4.26. The van der Waals surface area contributed by atoms with Crippen LogP contribution in [0.15, 0.2) is 24.3 Å². The lowest BCUT2D eigenvalue weighted by Gasteiger charge is -2.43. The lowest BCUT2D eigenvalue weighted by molar-refractivity contribution is 0.0426. The van der Waals surface area contributed by atoms with Crippen LogP contribution in [0.3, 0.4) is 0 Å². The molecule has 1 amide bonds. The van der Waals surface area contributed by atoms with Crippen LogP contribution in [-0.4, -0.2) is 61.1 Å². The lowest BCUT2D eigenvalue weighted by atomic mass is 10.0. The molecule has 2 rings (SSSR count). The molecule has 2 N–H and O–H groups in total. The predicted octanol–water partition coefficient (Wildman–Crippen LogP) is 1.19. The van der Waals surface area contributed by atoms with Crippen molar-refractivity contribution in [2.24, 2.45) is 5.73 Å². The van der Waals surface area contributed by atoms with Crippen molar-refractivity contribution >= 4 is 5.91 Å². The molecule has 1 heterocycles. The second-order valence-corrected chi connectivity index (χ2v) is 6.02. The van der Waals surface area contributed by atoms with Crippen molar-refractivity contribution < 1.29 is 9.53 Å². The van der Waals surface area contributed by atoms with Crippen LogP contribution >= 0.6 is 0 Å². The van der Waals surface area contributed by atoms with E-state index in [9.17, 15) is 4.79 Å². The fourth-order valence-electron chi connectivity index (χ4n) is 2.56. The fraction of sp³-hybridized carbons (Fsp3) is 0.562. The zero-order valence-corrected chi connectivity index (χ0v) is 13.1. The first-order valence-electron chi connectivity index (χ1n) is 7.36. The van der Waals surface area contributed by atoms with E-state index in [-0.39, 0.29) is 11.4 Å². The number of hydrogen-bond acceptors (Lipinski definition) is 4. The lowest BCUT2D eigenvalue weighted by Crippen LogP contribution is -2.58. The van der Waals surface area contributed by atoms with Gasteiger partial charge in [-0.1, -0.05) is 0 Å². The number of nitrogens with two attached hydrogens (primary N) is 1. The number of benzene rings is 1. The maximum absolute atomic E-state index is 12.5. The second-order valence-electron chi connectivity index (χ2n) is 6.02. The number of hydrogen-bond donors (Lipinski definition) is 1. The van der Waals surface area contributed by atoms with Crippen LogP contribution in [0.4, 0.5) is 0 Å². The highest BCUT2D eigenvalue weighted by molar-refractivity contribution is 5.94. The number of amides is 1. The minimum Gasteiger partial charge on any atom is -0.497 e. The van der Waals surface area contributed by atoms with E-state index in [2.05, 4.69) is 18.7 Å². The van der Waals surface area contributed by atoms with Crippen LogP contribution in [0.2, 0.25) is 0 Å². The largest absolute Gasteiger partial charge is 0.497 e. The van der Waals surface area contributed by atoms with E-state index in [0.717, 1.165) is 31.9 Å². The summed E-state index contributed by atoms with van der Waals surface area (Å²) in [6.07, 6.45) is 0. The van der Waals surface area contributed by atoms with Gasteiger partial charge in [0.25, 0.3) is 5.91 Å². The molecule has 21 heavy (non-hydrogen) atoms. The fourth-order valence-corrected chi connectivity index (χ4v) is 2.56. The smallest absolute Gasteiger partial charge is 0.253 e. The normalized spacial score (nSPS) is 16.9. The van der Waals surface area contributed by atoms with Gasteiger partial charge >= 0.3 is 0 Å². The Balaban J connectivity index is 1.96. The topological polar surface area (TPSA) is 58.8 Å². The highest BCUT2D eigenvalue weighted by Crippen LogP contribution is 2.18. The van der Waals surface area contributed by atoms with Crippen molar-refractivity contribution in [1.29, 1.82) is 0 Å². The Morgan fingerprint density at radius 3 is 2.24 bits per heavy atom. The predicted molar refractivity (Wildman–Crippen MR) is 83.6 cm³/mol. The van der Waals surface area contributed by atoms with Gasteiger partial charge in [-0.2, -0.15) is 0 Å². The van der Waals surface area contributed by atoms with E-state index < -0.39 is 0 Å². The van der Waals surface area contributed by atoms with Crippen molar-refractivity contribution in [3.05, 3.63) is 29.8 Å². The average molecular weight is 291 g/mol. The van der Waals surface area contributed by atoms with E-state index >= 15 is 0 Å². The summed E-state index contributed by atoms with van der Waals surface area (Å²) in [5.74, 6) is 0.851. The minimum atomic E-state index is -0.00471. The Morgan fingerprint density at radius 1 is 1.19 bits per heavy atom. The van der Waals surface area contributed by atoms with Gasteiger partial charge in [0.2, 0.25) is 0 Å². The summed E-state index contributed by atoms with van der Waals surface area (Å²) >= 11 is 0. The monoisotopic (exact) mass is 291 g/mol. The number of ether oxygens (including phenoxy) is 1. The summed E-state index contributed by atoms with van der Waals surface area (Å²) < 4.78 is 5.11. The zero-order valence-electron chi connectivity index (χ0n) is 13.1. The Morgan fingerprint density at radius 2 is 1.76 bits per heavy atom. The number of nitrogens with zero attached hydrogens (tertiary/aromatic N) is 2. The van der Waals surface area contributed by atoms with E-state index in [0.29, 0.717) is 12.1 Å². The number of methoxy groups -OCH3 is 1. The summed E-state index contributed by atoms with van der Waals surface area (Å²) in [5.41, 5.74) is 6.52. The molecular formula is C16H25N3O2. The van der Waals surface area contributed by atoms with E-state index in [4.69, 9.17) is 10.5 Å². The molecule has 116 valence electrons. The molecule has 1 aliphatic heterocycles. The van der Waals surface area contributed by atoms with Crippen LogP contribution in [0, 0.1) is 0 Å². The van der Waals surface area contributed by atoms with Crippen LogP contribution in [0.1, 0.15) is 24.2 Å². The quantitative estimate of drug-likeness (QED) is 0.905. The SMILES string of the molecule is COc1ccc(C(=O)N2CCN(C(C)(C)CN)CC2)cc1. The van der Waals surface area contributed by atoms with E-state index in [1.807, 2.05) is 29.2 Å². The van der Waals surface area contributed by atoms with Crippen LogP contribution in [0.5, 0.6) is 5.75 Å². The van der Waals surface area contributed by atoms with Gasteiger partial charge in [-0.15, -0.1) is 0 Å². The molecule has 0 aromatic heterocycles. The van der Waals surface area contributed by atoms with Gasteiger partial charge in [0.1, 0.15) is 5.75 Å². The Hall–Kier alpha value is -1.59. The van der Waals surface area contributed by atoms with Crippen molar-refractivity contribution in [1.82, 2.24) is 9.80 Å². The van der Waals surface area contributed by atoms with Crippen molar-refractivity contribution in [3.63, 3.8) is 0 Å². The van der Waals surface area contributed by atoms with Crippen molar-refractivity contribution in [2.75, 3.05) is 39.8 Å². The molecule has 0 aliphatic carbocycles. The summed E-state index contributed by atoms with van der Waals surface area (Å²) in [6, 6.07) is 7.27. The highest BCUT2D eigenvalue weighted by atomic mass is 16.5. The molecule has 5 nitrogen and oxygen atoms in total. The van der Waals surface area contributed by atoms with Gasteiger partial charge in [0, 0.05) is 43.8 Å². The number of rotatable bonds is 4. The number of carbonyl (C=O) groups is 1. The first-order chi connectivity index (χ1) is 9.97. The van der Waals surface area contributed by atoms with E-state index in [1.165, 1.54) is 0 Å². The first-order valence-corrected chi connectivity index (χ1v) is 7.36. The third-order valence-corrected chi connectivity index (χ3v) is 4.26. The molecule has 0 radical (unpaired) electrons. The molecule has 1 aromatic carbocycles. The van der Waals surface area contributed by atoms with Gasteiger partial charge in [-0.25, -0.2) is 0 Å². The third kappa shape index (κ3) is 3.54. The standard InChI is InChI=1S/C16H25N3O2/c1-16(2,12-17)19-10-8-18(9-11-19)15(20)13-4-6-14(21-3)7-5-13/h4-7H,8-12,17H2,1-3H3. The number of piperazine rings is 1. The molecule has 1 aromatic rings.